The number of hydrogen-bond acceptors (Lipinski definition) is 7. The van der Waals surface area contributed by atoms with Gasteiger partial charge in [-0.05, 0) is 58.2 Å². The molecule has 1 aliphatic rings. The van der Waals surface area contributed by atoms with E-state index < -0.39 is 5.82 Å². The van der Waals surface area contributed by atoms with Crippen LogP contribution in [0.3, 0.4) is 0 Å². The molecule has 6 nitrogen and oxygen atoms in total. The van der Waals surface area contributed by atoms with Gasteiger partial charge < -0.3 is 21.4 Å². The number of benzene rings is 1. The zero-order valence-corrected chi connectivity index (χ0v) is 18.4. The van der Waals surface area contributed by atoms with Crippen molar-refractivity contribution in [3.63, 3.8) is 0 Å². The molecule has 1 aromatic carbocycles. The fraction of sp³-hybridized carbons (Fsp3) is 0.476. The standard InChI is InChI=1S/C21H29FN6S/c1-20(2)9-15(10-21(3,4)27-20)28(5)19-26-25-18(29-19)16-7-6-13(8-17(16)22)14(11-23)12-24/h6-8,11-12,15,23,27H,9-10,24H2,1-5H3/b14-12+,23-11?. The summed E-state index contributed by atoms with van der Waals surface area (Å²) in [6, 6.07) is 5.10. The van der Waals surface area contributed by atoms with E-state index in [4.69, 9.17) is 11.1 Å². The van der Waals surface area contributed by atoms with Crippen molar-refractivity contribution in [2.45, 2.75) is 57.7 Å². The fourth-order valence-electron chi connectivity index (χ4n) is 4.26. The molecule has 0 aliphatic carbocycles. The SMILES string of the molecule is CN(c1nnc(-c2ccc(/C(C=N)=C/N)cc2F)s1)C1CC(C)(C)NC(C)(C)C1. The Balaban J connectivity index is 1.85. The molecule has 29 heavy (non-hydrogen) atoms. The summed E-state index contributed by atoms with van der Waals surface area (Å²) in [4.78, 5) is 2.17. The third kappa shape index (κ3) is 4.64. The van der Waals surface area contributed by atoms with Crippen LogP contribution in [-0.4, -0.2) is 40.6 Å². The van der Waals surface area contributed by atoms with Crippen molar-refractivity contribution in [1.82, 2.24) is 15.5 Å². The first kappa shape index (κ1) is 21.4. The highest BCUT2D eigenvalue weighted by molar-refractivity contribution is 7.18. The number of piperidine rings is 1. The fourth-order valence-corrected chi connectivity index (χ4v) is 5.17. The van der Waals surface area contributed by atoms with Crippen molar-refractivity contribution < 1.29 is 4.39 Å². The molecule has 1 aliphatic heterocycles. The Labute approximate surface area is 175 Å². The minimum atomic E-state index is -0.404. The molecule has 0 saturated carbocycles. The molecule has 0 amide bonds. The molecular formula is C21H29FN6S. The number of anilines is 1. The number of hydrogen-bond donors (Lipinski definition) is 3. The third-order valence-corrected chi connectivity index (χ3v) is 6.35. The van der Waals surface area contributed by atoms with Crippen LogP contribution < -0.4 is 16.0 Å². The Kier molecular flexibility index (Phi) is 5.78. The Bertz CT molecular complexity index is 917. The molecule has 4 N–H and O–H groups in total. The van der Waals surface area contributed by atoms with Crippen LogP contribution in [0.2, 0.25) is 0 Å². The van der Waals surface area contributed by atoms with Crippen LogP contribution in [0.4, 0.5) is 9.52 Å². The van der Waals surface area contributed by atoms with Gasteiger partial charge in [-0.15, -0.1) is 10.2 Å². The summed E-state index contributed by atoms with van der Waals surface area (Å²) in [6.45, 7) is 8.87. The Morgan fingerprint density at radius 2 is 1.93 bits per heavy atom. The van der Waals surface area contributed by atoms with Crippen LogP contribution in [0.25, 0.3) is 16.1 Å². The molecule has 0 unspecified atom stereocenters. The summed E-state index contributed by atoms with van der Waals surface area (Å²) in [5.41, 5.74) is 6.97. The lowest BCUT2D eigenvalue weighted by Crippen LogP contribution is -2.61. The van der Waals surface area contributed by atoms with Gasteiger partial charge in [0.2, 0.25) is 5.13 Å². The molecule has 2 aromatic rings. The third-order valence-electron chi connectivity index (χ3n) is 5.30. The second kappa shape index (κ2) is 7.84. The van der Waals surface area contributed by atoms with Gasteiger partial charge in [-0.3, -0.25) is 0 Å². The van der Waals surface area contributed by atoms with Gasteiger partial charge in [0.1, 0.15) is 5.82 Å². The molecule has 156 valence electrons. The van der Waals surface area contributed by atoms with E-state index in [1.54, 1.807) is 12.1 Å². The number of aromatic nitrogens is 2. The number of nitrogens with two attached hydrogens (primary N) is 1. The van der Waals surface area contributed by atoms with E-state index in [-0.39, 0.29) is 11.1 Å². The second-order valence-corrected chi connectivity index (χ2v) is 9.87. The molecule has 3 rings (SSSR count). The van der Waals surface area contributed by atoms with E-state index in [9.17, 15) is 4.39 Å². The minimum absolute atomic E-state index is 0.0270. The average Bonchev–Trinajstić information content (AvgIpc) is 3.09. The molecule has 1 saturated heterocycles. The topological polar surface area (TPSA) is 90.9 Å². The van der Waals surface area contributed by atoms with Crippen molar-refractivity contribution in [1.29, 1.82) is 5.41 Å². The van der Waals surface area contributed by atoms with Gasteiger partial charge in [0.15, 0.2) is 5.01 Å². The van der Waals surface area contributed by atoms with Gasteiger partial charge in [-0.25, -0.2) is 4.39 Å². The molecule has 8 heteroatoms. The number of rotatable bonds is 5. The van der Waals surface area contributed by atoms with Crippen molar-refractivity contribution in [3.05, 3.63) is 35.8 Å². The first-order valence-corrected chi connectivity index (χ1v) is 10.5. The Morgan fingerprint density at radius 1 is 1.28 bits per heavy atom. The van der Waals surface area contributed by atoms with Crippen molar-refractivity contribution in [3.8, 4) is 10.6 Å². The zero-order valence-electron chi connectivity index (χ0n) is 17.6. The number of halogens is 1. The largest absolute Gasteiger partial charge is 0.404 e. The summed E-state index contributed by atoms with van der Waals surface area (Å²) in [7, 11) is 2.04. The molecule has 1 aromatic heterocycles. The van der Waals surface area contributed by atoms with Gasteiger partial charge in [0, 0.05) is 47.7 Å². The molecule has 0 radical (unpaired) electrons. The summed E-state index contributed by atoms with van der Waals surface area (Å²) in [5, 5.41) is 20.9. The van der Waals surface area contributed by atoms with Gasteiger partial charge in [-0.1, -0.05) is 17.4 Å². The maximum Gasteiger partial charge on any atom is 0.208 e. The van der Waals surface area contributed by atoms with Crippen LogP contribution in [0, 0.1) is 11.2 Å². The van der Waals surface area contributed by atoms with E-state index in [0.29, 0.717) is 27.7 Å². The molecule has 0 bridgehead atoms. The molecule has 0 spiro atoms. The number of nitrogens with zero attached hydrogens (tertiary/aromatic N) is 3. The highest BCUT2D eigenvalue weighted by atomic mass is 32.1. The van der Waals surface area contributed by atoms with Gasteiger partial charge >= 0.3 is 0 Å². The van der Waals surface area contributed by atoms with Crippen LogP contribution in [0.1, 0.15) is 46.1 Å². The summed E-state index contributed by atoms with van der Waals surface area (Å²) in [5.74, 6) is -0.404. The Hall–Kier alpha value is -2.32. The maximum absolute atomic E-state index is 14.7. The maximum atomic E-state index is 14.7. The second-order valence-electron chi connectivity index (χ2n) is 8.92. The van der Waals surface area contributed by atoms with Crippen molar-refractivity contribution in [2.75, 3.05) is 11.9 Å². The lowest BCUT2D eigenvalue weighted by atomic mass is 9.79. The quantitative estimate of drug-likeness (QED) is 0.640. The summed E-state index contributed by atoms with van der Waals surface area (Å²) < 4.78 is 14.7. The average molecular weight is 417 g/mol. The number of nitrogens with one attached hydrogen (secondary N) is 2. The summed E-state index contributed by atoms with van der Waals surface area (Å²) >= 11 is 1.39. The van der Waals surface area contributed by atoms with E-state index >= 15 is 0 Å². The van der Waals surface area contributed by atoms with Gasteiger partial charge in [-0.2, -0.15) is 0 Å². The molecule has 0 atom stereocenters. The monoisotopic (exact) mass is 416 g/mol. The van der Waals surface area contributed by atoms with Gasteiger partial charge in [0.05, 0.1) is 0 Å². The highest BCUT2D eigenvalue weighted by Gasteiger charge is 2.39. The van der Waals surface area contributed by atoms with E-state index in [1.165, 1.54) is 23.6 Å². The van der Waals surface area contributed by atoms with Crippen LogP contribution in [0.5, 0.6) is 0 Å². The van der Waals surface area contributed by atoms with Crippen molar-refractivity contribution >= 4 is 28.3 Å². The smallest absolute Gasteiger partial charge is 0.208 e. The normalized spacial score (nSPS) is 19.2. The lowest BCUT2D eigenvalue weighted by Gasteiger charge is -2.48. The summed E-state index contributed by atoms with van der Waals surface area (Å²) in [6.07, 6.45) is 4.38. The van der Waals surface area contributed by atoms with Crippen LogP contribution >= 0.6 is 11.3 Å². The highest BCUT2D eigenvalue weighted by Crippen LogP contribution is 2.36. The Morgan fingerprint density at radius 3 is 2.48 bits per heavy atom. The first-order chi connectivity index (χ1) is 13.5. The molecule has 2 heterocycles. The van der Waals surface area contributed by atoms with E-state index in [1.807, 2.05) is 7.05 Å². The molecule has 1 fully saturated rings. The molecular weight excluding hydrogens is 387 g/mol. The van der Waals surface area contributed by atoms with E-state index in [2.05, 4.69) is 48.1 Å². The predicted molar refractivity (Wildman–Crippen MR) is 119 cm³/mol. The predicted octanol–water partition coefficient (Wildman–Crippen LogP) is 4.04. The minimum Gasteiger partial charge on any atom is -0.404 e. The number of allylic oxidation sites excluding steroid dienone is 1. The van der Waals surface area contributed by atoms with E-state index in [0.717, 1.165) is 24.2 Å². The lowest BCUT2D eigenvalue weighted by molar-refractivity contribution is 0.161. The van der Waals surface area contributed by atoms with Crippen LogP contribution in [-0.2, 0) is 0 Å². The van der Waals surface area contributed by atoms with Crippen molar-refractivity contribution in [2.24, 2.45) is 5.73 Å². The van der Waals surface area contributed by atoms with Gasteiger partial charge in [0.25, 0.3) is 0 Å². The first-order valence-electron chi connectivity index (χ1n) is 9.63. The zero-order chi connectivity index (χ0) is 21.4. The van der Waals surface area contributed by atoms with Crippen LogP contribution in [0.15, 0.2) is 24.4 Å².